The van der Waals surface area contributed by atoms with Gasteiger partial charge in [-0.25, -0.2) is 0 Å². The van der Waals surface area contributed by atoms with Crippen LogP contribution in [0, 0.1) is 29.6 Å². The number of ether oxygens (including phenoxy) is 1. The van der Waals surface area contributed by atoms with E-state index in [1.807, 2.05) is 31.2 Å². The van der Waals surface area contributed by atoms with Gasteiger partial charge in [-0.15, -0.1) is 23.2 Å². The van der Waals surface area contributed by atoms with Crippen LogP contribution in [-0.4, -0.2) is 16.8 Å². The van der Waals surface area contributed by atoms with Crippen LogP contribution in [0.3, 0.4) is 0 Å². The highest BCUT2D eigenvalue weighted by molar-refractivity contribution is 6.51. The molecule has 0 saturated heterocycles. The van der Waals surface area contributed by atoms with Crippen molar-refractivity contribution in [1.29, 1.82) is 0 Å². The molecule has 1 aromatic carbocycles. The molecule has 0 spiro atoms. The van der Waals surface area contributed by atoms with Crippen molar-refractivity contribution in [1.82, 2.24) is 0 Å². The van der Waals surface area contributed by atoms with Gasteiger partial charge in [-0.3, -0.25) is 4.79 Å². The minimum Gasteiger partial charge on any atom is -0.494 e. The van der Waals surface area contributed by atoms with E-state index in [0.717, 1.165) is 37.1 Å². The number of rotatable bonds is 4. The summed E-state index contributed by atoms with van der Waals surface area (Å²) >= 11 is 12.7. The fourth-order valence-electron chi connectivity index (χ4n) is 4.64. The molecule has 1 N–H and O–H groups in total. The fourth-order valence-corrected chi connectivity index (χ4v) is 5.56. The lowest BCUT2D eigenvalue weighted by Crippen LogP contribution is -2.15. The summed E-state index contributed by atoms with van der Waals surface area (Å²) in [4.78, 5) is 12.6. The molecule has 1 aromatic rings. The van der Waals surface area contributed by atoms with E-state index >= 15 is 0 Å². The molecule has 3 aliphatic carbocycles. The topological polar surface area (TPSA) is 38.3 Å². The van der Waals surface area contributed by atoms with Crippen LogP contribution in [0.4, 0.5) is 5.69 Å². The second-order valence-electron chi connectivity index (χ2n) is 7.34. The maximum absolute atomic E-state index is 12.6. The Bertz CT molecular complexity index is 609. The lowest BCUT2D eigenvalue weighted by Gasteiger charge is -2.07. The van der Waals surface area contributed by atoms with E-state index in [9.17, 15) is 4.79 Å². The number of carbonyl (C=O) groups is 1. The summed E-state index contributed by atoms with van der Waals surface area (Å²) in [6.07, 6.45) is 4.28. The first-order chi connectivity index (χ1) is 11.5. The van der Waals surface area contributed by atoms with E-state index in [4.69, 9.17) is 27.9 Å². The molecule has 0 radical (unpaired) electrons. The molecule has 0 aromatic heterocycles. The Morgan fingerprint density at radius 3 is 2.25 bits per heavy atom. The lowest BCUT2D eigenvalue weighted by molar-refractivity contribution is -0.117. The predicted octanol–water partition coefficient (Wildman–Crippen LogP) is 4.88. The van der Waals surface area contributed by atoms with Crippen molar-refractivity contribution in [3.05, 3.63) is 24.3 Å². The smallest absolute Gasteiger partial charge is 0.228 e. The van der Waals surface area contributed by atoms with Gasteiger partial charge in [-0.05, 0) is 80.5 Å². The summed E-state index contributed by atoms with van der Waals surface area (Å²) in [6.45, 7) is 2.60. The van der Waals surface area contributed by atoms with Crippen LogP contribution < -0.4 is 10.1 Å². The number of halogens is 2. The third-order valence-electron chi connectivity index (χ3n) is 6.05. The SMILES string of the molecule is CCOc1ccc(NC(=O)C2[C@H]3CC[C@@H]4[C@@H](CC[C@H]23)C4(Cl)Cl)cc1. The summed E-state index contributed by atoms with van der Waals surface area (Å²) in [5.41, 5.74) is 0.839. The van der Waals surface area contributed by atoms with Crippen LogP contribution in [0.25, 0.3) is 0 Å². The third kappa shape index (κ3) is 2.90. The Kier molecular flexibility index (Phi) is 4.20. The number of amides is 1. The van der Waals surface area contributed by atoms with E-state index in [1.54, 1.807) is 0 Å². The van der Waals surface area contributed by atoms with Crippen LogP contribution in [0.2, 0.25) is 0 Å². The molecule has 0 heterocycles. The van der Waals surface area contributed by atoms with Crippen LogP contribution in [-0.2, 0) is 4.79 Å². The Balaban J connectivity index is 1.33. The lowest BCUT2D eigenvalue weighted by atomic mass is 10.0. The first-order valence-electron chi connectivity index (χ1n) is 8.94. The van der Waals surface area contributed by atoms with Gasteiger partial charge in [0.1, 0.15) is 10.1 Å². The number of benzene rings is 1. The largest absolute Gasteiger partial charge is 0.494 e. The molecular weight excluding hydrogens is 345 g/mol. The van der Waals surface area contributed by atoms with Crippen molar-refractivity contribution in [2.24, 2.45) is 29.6 Å². The zero-order valence-electron chi connectivity index (χ0n) is 13.8. The second kappa shape index (κ2) is 6.10. The van der Waals surface area contributed by atoms with Crippen LogP contribution >= 0.6 is 23.2 Å². The molecule has 1 amide bonds. The summed E-state index contributed by atoms with van der Waals surface area (Å²) in [5.74, 6) is 3.06. The Morgan fingerprint density at radius 2 is 1.71 bits per heavy atom. The van der Waals surface area contributed by atoms with Crippen LogP contribution in [0.15, 0.2) is 24.3 Å². The standard InChI is InChI=1S/C19H23Cl2NO2/c1-2-24-12-5-3-11(4-6-12)22-18(23)17-13-7-9-15-16(19(15,20)21)10-8-14(13)17/h3-6,13-17H,2,7-10H2,1H3,(H,22,23)/t13-,14-,15+,16+/m0/s1. The first-order valence-corrected chi connectivity index (χ1v) is 9.69. The first kappa shape index (κ1) is 16.5. The van der Waals surface area contributed by atoms with Gasteiger partial charge in [0.05, 0.1) is 6.61 Å². The molecular formula is C19H23Cl2NO2. The predicted molar refractivity (Wildman–Crippen MR) is 96.6 cm³/mol. The summed E-state index contributed by atoms with van der Waals surface area (Å²) in [5, 5.41) is 3.06. The molecule has 3 fully saturated rings. The van der Waals surface area contributed by atoms with Crippen LogP contribution in [0.5, 0.6) is 5.75 Å². The van der Waals surface area contributed by atoms with E-state index in [1.165, 1.54) is 0 Å². The number of alkyl halides is 2. The number of hydrogen-bond donors (Lipinski definition) is 1. The van der Waals surface area contributed by atoms with Gasteiger partial charge in [0.25, 0.3) is 0 Å². The summed E-state index contributed by atoms with van der Waals surface area (Å²) in [6, 6.07) is 7.59. The monoisotopic (exact) mass is 367 g/mol. The van der Waals surface area contributed by atoms with Gasteiger partial charge in [-0.1, -0.05) is 0 Å². The van der Waals surface area contributed by atoms with Crippen molar-refractivity contribution in [2.45, 2.75) is 36.9 Å². The Labute approximate surface area is 153 Å². The maximum Gasteiger partial charge on any atom is 0.228 e. The van der Waals surface area contributed by atoms with Crippen molar-refractivity contribution in [3.63, 3.8) is 0 Å². The molecule has 4 rings (SSSR count). The van der Waals surface area contributed by atoms with Crippen molar-refractivity contribution < 1.29 is 9.53 Å². The molecule has 0 unspecified atom stereocenters. The molecule has 3 saturated carbocycles. The number of carbonyl (C=O) groups excluding carboxylic acids is 1. The number of anilines is 1. The molecule has 0 aliphatic heterocycles. The molecule has 3 nitrogen and oxygen atoms in total. The normalized spacial score (nSPS) is 35.7. The van der Waals surface area contributed by atoms with Gasteiger partial charge in [0.2, 0.25) is 5.91 Å². The zero-order valence-corrected chi connectivity index (χ0v) is 15.3. The molecule has 4 atom stereocenters. The van der Waals surface area contributed by atoms with Gasteiger partial charge in [0, 0.05) is 11.6 Å². The van der Waals surface area contributed by atoms with Crippen molar-refractivity contribution in [3.8, 4) is 5.75 Å². The average molecular weight is 368 g/mol. The third-order valence-corrected chi connectivity index (χ3v) is 7.18. The van der Waals surface area contributed by atoms with E-state index in [0.29, 0.717) is 30.3 Å². The number of hydrogen-bond acceptors (Lipinski definition) is 2. The molecule has 3 aliphatic rings. The van der Waals surface area contributed by atoms with Gasteiger partial charge >= 0.3 is 0 Å². The van der Waals surface area contributed by atoms with E-state index in [-0.39, 0.29) is 11.8 Å². The van der Waals surface area contributed by atoms with Crippen LogP contribution in [0.1, 0.15) is 32.6 Å². The molecule has 24 heavy (non-hydrogen) atoms. The highest BCUT2D eigenvalue weighted by Gasteiger charge is 2.65. The number of fused-ring (bicyclic) bond motifs is 2. The Hall–Kier alpha value is -0.930. The quantitative estimate of drug-likeness (QED) is 0.770. The molecule has 0 bridgehead atoms. The maximum atomic E-state index is 12.6. The van der Waals surface area contributed by atoms with Crippen molar-refractivity contribution >= 4 is 34.8 Å². The fraction of sp³-hybridized carbons (Fsp3) is 0.632. The minimum absolute atomic E-state index is 0.160. The van der Waals surface area contributed by atoms with E-state index in [2.05, 4.69) is 5.32 Å². The summed E-state index contributed by atoms with van der Waals surface area (Å²) in [7, 11) is 0. The van der Waals surface area contributed by atoms with E-state index < -0.39 is 4.33 Å². The summed E-state index contributed by atoms with van der Waals surface area (Å²) < 4.78 is 4.94. The highest BCUT2D eigenvalue weighted by Crippen LogP contribution is 2.67. The van der Waals surface area contributed by atoms with Crippen molar-refractivity contribution in [2.75, 3.05) is 11.9 Å². The van der Waals surface area contributed by atoms with Gasteiger partial charge < -0.3 is 10.1 Å². The minimum atomic E-state index is -0.489. The van der Waals surface area contributed by atoms with Gasteiger partial charge in [0.15, 0.2) is 0 Å². The van der Waals surface area contributed by atoms with Gasteiger partial charge in [-0.2, -0.15) is 0 Å². The Morgan fingerprint density at radius 1 is 1.12 bits per heavy atom. The molecule has 5 heteroatoms. The number of nitrogens with one attached hydrogen (secondary N) is 1. The second-order valence-corrected chi connectivity index (χ2v) is 8.79. The highest BCUT2D eigenvalue weighted by atomic mass is 35.5. The molecule has 130 valence electrons. The average Bonchev–Trinajstić information content (AvgIpc) is 3.34. The zero-order chi connectivity index (χ0) is 16.9.